The van der Waals surface area contributed by atoms with Crippen LogP contribution < -0.4 is 9.62 Å². The fraction of sp³-hybridized carbons (Fsp3) is 0.182. The summed E-state index contributed by atoms with van der Waals surface area (Å²) in [4.78, 5) is 5.22. The number of thiazole rings is 1. The third-order valence-corrected chi connectivity index (χ3v) is 7.00. The number of aromatic nitrogens is 3. The molecule has 4 aromatic rings. The van der Waals surface area contributed by atoms with Crippen molar-refractivity contribution in [1.29, 1.82) is 0 Å². The molecule has 2 heterocycles. The second-order valence-corrected chi connectivity index (χ2v) is 10.7. The number of anilines is 4. The molecule has 0 fully saturated rings. The average molecular weight is 472 g/mol. The number of hydrogen-bond donors (Lipinski definition) is 2. The number of rotatable bonds is 6. The number of halogens is 1. The third kappa shape index (κ3) is 4.51. The predicted octanol–water partition coefficient (Wildman–Crippen LogP) is 5.57. The molecule has 7 nitrogen and oxygen atoms in total. The highest BCUT2D eigenvalue weighted by Crippen LogP contribution is 2.36. The molecule has 166 valence electrons. The van der Waals surface area contributed by atoms with E-state index in [-0.39, 0.29) is 10.5 Å². The summed E-state index contributed by atoms with van der Waals surface area (Å²) >= 11 is 1.11. The van der Waals surface area contributed by atoms with Crippen LogP contribution in [-0.2, 0) is 15.4 Å². The van der Waals surface area contributed by atoms with Crippen LogP contribution in [0.1, 0.15) is 26.3 Å². The van der Waals surface area contributed by atoms with E-state index in [0.29, 0.717) is 11.5 Å². The Morgan fingerprint density at radius 2 is 1.84 bits per heavy atom. The van der Waals surface area contributed by atoms with Crippen molar-refractivity contribution in [1.82, 2.24) is 15.2 Å². The van der Waals surface area contributed by atoms with Gasteiger partial charge in [-0.2, -0.15) is 5.10 Å². The lowest BCUT2D eigenvalue weighted by Crippen LogP contribution is -2.17. The van der Waals surface area contributed by atoms with Crippen molar-refractivity contribution in [3.63, 3.8) is 0 Å². The zero-order valence-electron chi connectivity index (χ0n) is 17.7. The van der Waals surface area contributed by atoms with Crippen molar-refractivity contribution in [3.8, 4) is 0 Å². The van der Waals surface area contributed by atoms with Crippen LogP contribution in [0.25, 0.3) is 0 Å². The lowest BCUT2D eigenvalue weighted by atomic mass is 9.87. The van der Waals surface area contributed by atoms with Crippen LogP contribution in [-0.4, -0.2) is 23.6 Å². The largest absolute Gasteiger partial charge is 0.295 e. The van der Waals surface area contributed by atoms with Crippen molar-refractivity contribution in [2.45, 2.75) is 31.1 Å². The van der Waals surface area contributed by atoms with E-state index in [0.717, 1.165) is 22.6 Å². The fourth-order valence-corrected chi connectivity index (χ4v) is 5.05. The summed E-state index contributed by atoms with van der Waals surface area (Å²) in [6.07, 6.45) is 3.07. The topological polar surface area (TPSA) is 91.0 Å². The van der Waals surface area contributed by atoms with Gasteiger partial charge >= 0.3 is 0 Å². The Balaban J connectivity index is 1.76. The maximum Gasteiger partial charge on any atom is 0.266 e. The first-order valence-electron chi connectivity index (χ1n) is 9.77. The molecule has 2 aromatic heterocycles. The van der Waals surface area contributed by atoms with E-state index in [1.165, 1.54) is 18.3 Å². The molecule has 2 aromatic carbocycles. The van der Waals surface area contributed by atoms with Gasteiger partial charge in [0.05, 0.1) is 11.9 Å². The van der Waals surface area contributed by atoms with E-state index < -0.39 is 20.7 Å². The Morgan fingerprint density at radius 3 is 2.47 bits per heavy atom. The van der Waals surface area contributed by atoms with Gasteiger partial charge in [-0.25, -0.2) is 17.8 Å². The van der Waals surface area contributed by atoms with Gasteiger partial charge in [0.25, 0.3) is 10.0 Å². The van der Waals surface area contributed by atoms with Crippen LogP contribution >= 0.6 is 11.3 Å². The maximum absolute atomic E-state index is 15.1. The van der Waals surface area contributed by atoms with E-state index >= 15 is 4.39 Å². The van der Waals surface area contributed by atoms with Gasteiger partial charge in [-0.1, -0.05) is 32.9 Å². The molecule has 0 atom stereocenters. The molecule has 0 aliphatic rings. The van der Waals surface area contributed by atoms with Crippen LogP contribution in [0, 0.1) is 5.82 Å². The maximum atomic E-state index is 15.1. The smallest absolute Gasteiger partial charge is 0.266 e. The first-order chi connectivity index (χ1) is 15.1. The Morgan fingerprint density at radius 1 is 1.06 bits per heavy atom. The van der Waals surface area contributed by atoms with E-state index in [1.807, 2.05) is 24.3 Å². The van der Waals surface area contributed by atoms with Crippen molar-refractivity contribution in [3.05, 3.63) is 77.7 Å². The lowest BCUT2D eigenvalue weighted by Gasteiger charge is -2.26. The van der Waals surface area contributed by atoms with Crippen LogP contribution in [0.5, 0.6) is 0 Å². The minimum atomic E-state index is -4.12. The molecular formula is C22H22FN5O2S2. The Hall–Kier alpha value is -3.24. The number of aromatic amines is 1. The number of benzene rings is 2. The number of nitrogens with one attached hydrogen (secondary N) is 2. The lowest BCUT2D eigenvalue weighted by molar-refractivity contribution is 0.570. The SMILES string of the molecule is CC(C)(C)c1cccc(N(c2ccc(S(=O)(=O)Nc3nccs3)c(F)c2)c2ccn[nH]2)c1. The first-order valence-corrected chi connectivity index (χ1v) is 12.1. The van der Waals surface area contributed by atoms with Gasteiger partial charge in [-0.05, 0) is 41.3 Å². The second kappa shape index (κ2) is 8.36. The summed E-state index contributed by atoms with van der Waals surface area (Å²) in [5, 5.41) is 8.72. The molecule has 32 heavy (non-hydrogen) atoms. The van der Waals surface area contributed by atoms with Crippen LogP contribution in [0.15, 0.2) is 71.2 Å². The average Bonchev–Trinajstić information content (AvgIpc) is 3.42. The van der Waals surface area contributed by atoms with Crippen molar-refractivity contribution < 1.29 is 12.8 Å². The minimum absolute atomic E-state index is 0.0830. The Kier molecular flexibility index (Phi) is 5.74. The quantitative estimate of drug-likeness (QED) is 0.383. The van der Waals surface area contributed by atoms with E-state index in [1.54, 1.807) is 28.6 Å². The van der Waals surface area contributed by atoms with Crippen molar-refractivity contribution in [2.75, 3.05) is 9.62 Å². The molecule has 0 unspecified atom stereocenters. The van der Waals surface area contributed by atoms with Gasteiger partial charge in [0, 0.05) is 23.3 Å². The zero-order valence-corrected chi connectivity index (χ0v) is 19.3. The number of sulfonamides is 1. The molecule has 0 spiro atoms. The highest BCUT2D eigenvalue weighted by molar-refractivity contribution is 7.93. The molecule has 0 aliphatic carbocycles. The monoisotopic (exact) mass is 471 g/mol. The summed E-state index contributed by atoms with van der Waals surface area (Å²) < 4.78 is 42.7. The summed E-state index contributed by atoms with van der Waals surface area (Å²) in [5.41, 5.74) is 2.26. The molecule has 0 radical (unpaired) electrons. The summed E-state index contributed by atoms with van der Waals surface area (Å²) in [5.74, 6) is -0.255. The Labute approximate surface area is 190 Å². The fourth-order valence-electron chi connectivity index (χ4n) is 3.20. The van der Waals surface area contributed by atoms with Crippen molar-refractivity contribution >= 4 is 43.7 Å². The van der Waals surface area contributed by atoms with E-state index in [9.17, 15) is 8.42 Å². The number of nitrogens with zero attached hydrogens (tertiary/aromatic N) is 3. The second-order valence-electron chi connectivity index (χ2n) is 8.14. The van der Waals surface area contributed by atoms with Gasteiger partial charge in [0.1, 0.15) is 16.5 Å². The molecule has 2 N–H and O–H groups in total. The standard InChI is InChI=1S/C22H22FN5O2S2/c1-22(2,3)15-5-4-6-16(13-15)28(20-9-10-25-26-20)17-7-8-19(18(23)14-17)32(29,30)27-21-24-11-12-31-21/h4-14H,1-3H3,(H,24,27)(H,25,26). The molecule has 0 saturated carbocycles. The molecular weight excluding hydrogens is 449 g/mol. The van der Waals surface area contributed by atoms with Gasteiger partial charge in [-0.15, -0.1) is 11.3 Å². The van der Waals surface area contributed by atoms with Gasteiger partial charge < -0.3 is 0 Å². The predicted molar refractivity (Wildman–Crippen MR) is 125 cm³/mol. The molecule has 0 saturated heterocycles. The number of H-pyrrole nitrogens is 1. The summed E-state index contributed by atoms with van der Waals surface area (Å²) in [7, 11) is -4.12. The highest BCUT2D eigenvalue weighted by atomic mass is 32.2. The minimum Gasteiger partial charge on any atom is -0.295 e. The molecule has 0 aliphatic heterocycles. The highest BCUT2D eigenvalue weighted by Gasteiger charge is 2.23. The first kappa shape index (κ1) is 22.0. The van der Waals surface area contributed by atoms with Gasteiger partial charge in [0.2, 0.25) is 0 Å². The van der Waals surface area contributed by atoms with Crippen LogP contribution in [0.3, 0.4) is 0 Å². The van der Waals surface area contributed by atoms with Crippen LogP contribution in [0.4, 0.5) is 26.7 Å². The van der Waals surface area contributed by atoms with Crippen LogP contribution in [0.2, 0.25) is 0 Å². The summed E-state index contributed by atoms with van der Waals surface area (Å²) in [6, 6.07) is 13.7. The van der Waals surface area contributed by atoms with Crippen molar-refractivity contribution in [2.24, 2.45) is 0 Å². The molecule has 0 bridgehead atoms. The normalized spacial score (nSPS) is 12.0. The number of hydrogen-bond acceptors (Lipinski definition) is 6. The molecule has 0 amide bonds. The third-order valence-electron chi connectivity index (χ3n) is 4.81. The van der Waals surface area contributed by atoms with Gasteiger partial charge in [-0.3, -0.25) is 14.7 Å². The van der Waals surface area contributed by atoms with E-state index in [2.05, 4.69) is 40.7 Å². The molecule has 10 heteroatoms. The Bertz CT molecular complexity index is 1310. The molecule has 4 rings (SSSR count). The summed E-state index contributed by atoms with van der Waals surface area (Å²) in [6.45, 7) is 6.34. The van der Waals surface area contributed by atoms with Gasteiger partial charge in [0.15, 0.2) is 5.13 Å². The zero-order chi connectivity index (χ0) is 22.9. The van der Waals surface area contributed by atoms with E-state index in [4.69, 9.17) is 0 Å².